The van der Waals surface area contributed by atoms with E-state index in [0.717, 1.165) is 16.8 Å². The molecule has 116 valence electrons. The topological polar surface area (TPSA) is 51.0 Å². The van der Waals surface area contributed by atoms with Crippen molar-refractivity contribution in [2.45, 2.75) is 6.54 Å². The van der Waals surface area contributed by atoms with Crippen LogP contribution >= 0.6 is 0 Å². The Bertz CT molecular complexity index is 793. The molecule has 0 atom stereocenters. The van der Waals surface area contributed by atoms with Crippen LogP contribution in [0.2, 0.25) is 0 Å². The molecule has 0 spiro atoms. The van der Waals surface area contributed by atoms with Gasteiger partial charge >= 0.3 is 0 Å². The van der Waals surface area contributed by atoms with E-state index in [1.165, 1.54) is 0 Å². The van der Waals surface area contributed by atoms with Gasteiger partial charge < -0.3 is 4.90 Å². The van der Waals surface area contributed by atoms with Crippen LogP contribution in [0.3, 0.4) is 0 Å². The molecule has 0 fully saturated rings. The van der Waals surface area contributed by atoms with E-state index in [0.29, 0.717) is 12.1 Å². The highest BCUT2D eigenvalue weighted by Crippen LogP contribution is 2.16. The first-order chi connectivity index (χ1) is 11.1. The highest BCUT2D eigenvalue weighted by Gasteiger charge is 2.13. The van der Waals surface area contributed by atoms with Crippen LogP contribution < -0.4 is 0 Å². The molecule has 0 saturated heterocycles. The number of aromatic nitrogens is 3. The number of nitrogens with zero attached hydrogens (tertiary/aromatic N) is 4. The van der Waals surface area contributed by atoms with Gasteiger partial charge in [-0.3, -0.25) is 14.5 Å². The molecule has 0 aliphatic heterocycles. The molecule has 0 unspecified atom stereocenters. The van der Waals surface area contributed by atoms with Gasteiger partial charge in [0.05, 0.1) is 17.5 Å². The third-order valence-corrected chi connectivity index (χ3v) is 3.62. The Hall–Kier alpha value is -2.95. The number of benzene rings is 1. The van der Waals surface area contributed by atoms with E-state index in [2.05, 4.69) is 10.1 Å². The van der Waals surface area contributed by atoms with Crippen LogP contribution in [0.4, 0.5) is 0 Å². The Kier molecular flexibility index (Phi) is 4.19. The van der Waals surface area contributed by atoms with Crippen LogP contribution in [0, 0.1) is 0 Å². The maximum absolute atomic E-state index is 12.5. The van der Waals surface area contributed by atoms with E-state index < -0.39 is 0 Å². The molecule has 2 heterocycles. The molecule has 1 amide bonds. The van der Waals surface area contributed by atoms with Crippen molar-refractivity contribution in [1.82, 2.24) is 19.7 Å². The van der Waals surface area contributed by atoms with Crippen LogP contribution in [0.25, 0.3) is 11.3 Å². The van der Waals surface area contributed by atoms with E-state index in [4.69, 9.17) is 0 Å². The molecule has 3 aromatic rings. The van der Waals surface area contributed by atoms with Gasteiger partial charge in [0, 0.05) is 38.6 Å². The second-order valence-electron chi connectivity index (χ2n) is 5.48. The van der Waals surface area contributed by atoms with Crippen LogP contribution in [0.5, 0.6) is 0 Å². The molecule has 5 heteroatoms. The lowest BCUT2D eigenvalue weighted by atomic mass is 10.1. The van der Waals surface area contributed by atoms with Crippen molar-refractivity contribution < 1.29 is 4.79 Å². The van der Waals surface area contributed by atoms with Crippen LogP contribution in [-0.4, -0.2) is 32.6 Å². The fourth-order valence-corrected chi connectivity index (χ4v) is 2.39. The summed E-state index contributed by atoms with van der Waals surface area (Å²) in [5.41, 5.74) is 3.42. The molecular formula is C18H18N4O. The summed E-state index contributed by atoms with van der Waals surface area (Å²) in [4.78, 5) is 18.5. The van der Waals surface area contributed by atoms with Crippen molar-refractivity contribution in [1.29, 1.82) is 0 Å². The average Bonchev–Trinajstić information content (AvgIpc) is 3.02. The van der Waals surface area contributed by atoms with Gasteiger partial charge in [0.2, 0.25) is 0 Å². The summed E-state index contributed by atoms with van der Waals surface area (Å²) < 4.78 is 1.73. The van der Waals surface area contributed by atoms with Crippen molar-refractivity contribution >= 4 is 5.91 Å². The summed E-state index contributed by atoms with van der Waals surface area (Å²) in [6, 6.07) is 13.6. The highest BCUT2D eigenvalue weighted by molar-refractivity contribution is 5.94. The molecule has 3 rings (SSSR count). The zero-order chi connectivity index (χ0) is 16.2. The second kappa shape index (κ2) is 6.44. The molecule has 0 aliphatic carbocycles. The van der Waals surface area contributed by atoms with Crippen molar-refractivity contribution in [2.75, 3.05) is 7.05 Å². The second-order valence-corrected chi connectivity index (χ2v) is 5.48. The maximum atomic E-state index is 12.5. The van der Waals surface area contributed by atoms with Gasteiger partial charge in [0.25, 0.3) is 5.91 Å². The third-order valence-electron chi connectivity index (χ3n) is 3.62. The summed E-state index contributed by atoms with van der Waals surface area (Å²) in [6.07, 6.45) is 5.27. The minimum atomic E-state index is -0.0425. The molecule has 2 aromatic heterocycles. The fourth-order valence-electron chi connectivity index (χ4n) is 2.39. The van der Waals surface area contributed by atoms with E-state index in [1.54, 1.807) is 35.1 Å². The van der Waals surface area contributed by atoms with Crippen molar-refractivity contribution in [3.8, 4) is 11.3 Å². The van der Waals surface area contributed by atoms with E-state index in [9.17, 15) is 4.79 Å². The standard InChI is InChI=1S/C18H18N4O/c1-21(12-14-6-4-3-5-7-14)18(23)15-8-9-17(19-10-15)16-11-20-22(2)13-16/h3-11,13H,12H2,1-2H3. The maximum Gasteiger partial charge on any atom is 0.255 e. The summed E-state index contributed by atoms with van der Waals surface area (Å²) in [7, 11) is 3.66. The van der Waals surface area contributed by atoms with Crippen LogP contribution in [0.1, 0.15) is 15.9 Å². The zero-order valence-corrected chi connectivity index (χ0v) is 13.2. The average molecular weight is 306 g/mol. The third kappa shape index (κ3) is 3.45. The lowest BCUT2D eigenvalue weighted by molar-refractivity contribution is 0.0784. The Morgan fingerprint density at radius 1 is 1.13 bits per heavy atom. The minimum absolute atomic E-state index is 0.0425. The van der Waals surface area contributed by atoms with Gasteiger partial charge in [-0.05, 0) is 17.7 Å². The largest absolute Gasteiger partial charge is 0.337 e. The Morgan fingerprint density at radius 3 is 2.52 bits per heavy atom. The predicted molar refractivity (Wildman–Crippen MR) is 88.7 cm³/mol. The van der Waals surface area contributed by atoms with Gasteiger partial charge in [0.15, 0.2) is 0 Å². The smallest absolute Gasteiger partial charge is 0.255 e. The van der Waals surface area contributed by atoms with Crippen molar-refractivity contribution in [2.24, 2.45) is 7.05 Å². The number of carbonyl (C=O) groups excluding carboxylic acids is 1. The first-order valence-electron chi connectivity index (χ1n) is 7.38. The Morgan fingerprint density at radius 2 is 1.91 bits per heavy atom. The summed E-state index contributed by atoms with van der Waals surface area (Å²) in [5, 5.41) is 4.13. The van der Waals surface area contributed by atoms with E-state index in [-0.39, 0.29) is 5.91 Å². The SMILES string of the molecule is CN(Cc1ccccc1)C(=O)c1ccc(-c2cnn(C)c2)nc1. The number of rotatable bonds is 4. The number of carbonyl (C=O) groups is 1. The molecular weight excluding hydrogens is 288 g/mol. The minimum Gasteiger partial charge on any atom is -0.337 e. The summed E-state index contributed by atoms with van der Waals surface area (Å²) in [6.45, 7) is 0.573. The lowest BCUT2D eigenvalue weighted by Gasteiger charge is -2.17. The Labute approximate surface area is 135 Å². The van der Waals surface area contributed by atoms with Gasteiger partial charge in [-0.15, -0.1) is 0 Å². The number of aryl methyl sites for hydroxylation is 1. The van der Waals surface area contributed by atoms with Crippen LogP contribution in [-0.2, 0) is 13.6 Å². The quantitative estimate of drug-likeness (QED) is 0.745. The number of hydrogen-bond acceptors (Lipinski definition) is 3. The zero-order valence-electron chi connectivity index (χ0n) is 13.2. The first kappa shape index (κ1) is 15.0. The van der Waals surface area contributed by atoms with E-state index in [1.807, 2.05) is 49.6 Å². The molecule has 23 heavy (non-hydrogen) atoms. The number of amides is 1. The molecule has 0 radical (unpaired) electrons. The molecule has 1 aromatic carbocycles. The van der Waals surface area contributed by atoms with Gasteiger partial charge in [-0.2, -0.15) is 5.10 Å². The number of hydrogen-bond donors (Lipinski definition) is 0. The molecule has 0 saturated carbocycles. The molecule has 0 bridgehead atoms. The fraction of sp³-hybridized carbons (Fsp3) is 0.167. The van der Waals surface area contributed by atoms with Gasteiger partial charge in [-0.1, -0.05) is 30.3 Å². The first-order valence-corrected chi connectivity index (χ1v) is 7.38. The molecule has 0 N–H and O–H groups in total. The summed E-state index contributed by atoms with van der Waals surface area (Å²) in [5.74, 6) is -0.0425. The number of pyridine rings is 1. The normalized spacial score (nSPS) is 10.5. The summed E-state index contributed by atoms with van der Waals surface area (Å²) >= 11 is 0. The molecule has 5 nitrogen and oxygen atoms in total. The Balaban J connectivity index is 1.72. The van der Waals surface area contributed by atoms with Crippen molar-refractivity contribution in [3.63, 3.8) is 0 Å². The monoisotopic (exact) mass is 306 g/mol. The van der Waals surface area contributed by atoms with Crippen LogP contribution in [0.15, 0.2) is 61.1 Å². The van der Waals surface area contributed by atoms with E-state index >= 15 is 0 Å². The van der Waals surface area contributed by atoms with Gasteiger partial charge in [0.1, 0.15) is 0 Å². The highest BCUT2D eigenvalue weighted by atomic mass is 16.2. The van der Waals surface area contributed by atoms with Crippen molar-refractivity contribution in [3.05, 3.63) is 72.2 Å². The molecule has 0 aliphatic rings. The predicted octanol–water partition coefficient (Wildman–Crippen LogP) is 2.75. The van der Waals surface area contributed by atoms with Gasteiger partial charge in [-0.25, -0.2) is 0 Å². The lowest BCUT2D eigenvalue weighted by Crippen LogP contribution is -2.26.